The van der Waals surface area contributed by atoms with Crippen molar-refractivity contribution in [3.63, 3.8) is 0 Å². The Labute approximate surface area is 333 Å². The van der Waals surface area contributed by atoms with E-state index in [2.05, 4.69) is 162 Å². The van der Waals surface area contributed by atoms with Crippen LogP contribution in [0.5, 0.6) is 0 Å². The lowest BCUT2D eigenvalue weighted by Crippen LogP contribution is -2.00. The Hall–Kier alpha value is -7.89. The van der Waals surface area contributed by atoms with Crippen molar-refractivity contribution < 1.29 is 4.42 Å². The van der Waals surface area contributed by atoms with E-state index in [1.54, 1.807) is 0 Å². The molecule has 0 N–H and O–H groups in total. The van der Waals surface area contributed by atoms with Crippen molar-refractivity contribution in [2.45, 2.75) is 0 Å². The van der Waals surface area contributed by atoms with Crippen molar-refractivity contribution in [2.24, 2.45) is 0 Å². The van der Waals surface area contributed by atoms with Crippen LogP contribution >= 0.6 is 0 Å². The molecular formula is C53H32N4O. The van der Waals surface area contributed by atoms with Gasteiger partial charge in [-0.1, -0.05) is 158 Å². The Bertz CT molecular complexity index is 3550. The zero-order valence-corrected chi connectivity index (χ0v) is 31.2. The van der Waals surface area contributed by atoms with E-state index in [0.717, 1.165) is 66.2 Å². The Kier molecular flexibility index (Phi) is 7.16. The van der Waals surface area contributed by atoms with Gasteiger partial charge in [0.1, 0.15) is 11.2 Å². The minimum atomic E-state index is 0.585. The fraction of sp³-hybridized carbons (Fsp3) is 0. The quantitative estimate of drug-likeness (QED) is 0.176. The molecule has 3 heterocycles. The van der Waals surface area contributed by atoms with Crippen molar-refractivity contribution >= 4 is 65.3 Å². The molecule has 0 atom stereocenters. The maximum atomic E-state index is 6.84. The average Bonchev–Trinajstić information content (AvgIpc) is 3.83. The third-order valence-electron chi connectivity index (χ3n) is 11.4. The summed E-state index contributed by atoms with van der Waals surface area (Å²) >= 11 is 0. The number of nitrogens with zero attached hydrogens (tertiary/aromatic N) is 4. The van der Waals surface area contributed by atoms with E-state index in [9.17, 15) is 0 Å². The summed E-state index contributed by atoms with van der Waals surface area (Å²) in [5.41, 5.74) is 10.1. The molecule has 3 aromatic heterocycles. The number of fused-ring (bicyclic) bond motifs is 9. The zero-order valence-electron chi connectivity index (χ0n) is 31.2. The van der Waals surface area contributed by atoms with Crippen LogP contribution in [0.3, 0.4) is 0 Å². The van der Waals surface area contributed by atoms with Gasteiger partial charge in [-0.15, -0.1) is 0 Å². The van der Waals surface area contributed by atoms with Gasteiger partial charge in [0, 0.05) is 49.0 Å². The lowest BCUT2D eigenvalue weighted by molar-refractivity contribution is 0.672. The fourth-order valence-electron chi connectivity index (χ4n) is 8.61. The van der Waals surface area contributed by atoms with E-state index < -0.39 is 0 Å². The van der Waals surface area contributed by atoms with Crippen LogP contribution in [0.25, 0.3) is 116 Å². The predicted molar refractivity (Wildman–Crippen MR) is 238 cm³/mol. The van der Waals surface area contributed by atoms with Gasteiger partial charge in [-0.3, -0.25) is 0 Å². The van der Waals surface area contributed by atoms with Gasteiger partial charge in [-0.2, -0.15) is 0 Å². The molecule has 12 rings (SSSR count). The molecule has 270 valence electrons. The van der Waals surface area contributed by atoms with Gasteiger partial charge >= 0.3 is 0 Å². The first-order valence-electron chi connectivity index (χ1n) is 19.5. The lowest BCUT2D eigenvalue weighted by atomic mass is 10.0. The minimum Gasteiger partial charge on any atom is -0.455 e. The Morgan fingerprint density at radius 2 is 0.862 bits per heavy atom. The molecule has 9 aromatic carbocycles. The molecule has 0 radical (unpaired) electrons. The van der Waals surface area contributed by atoms with E-state index in [4.69, 9.17) is 19.4 Å². The number of hydrogen-bond donors (Lipinski definition) is 0. The van der Waals surface area contributed by atoms with Crippen LogP contribution in [0.1, 0.15) is 0 Å². The van der Waals surface area contributed by atoms with Crippen molar-refractivity contribution in [1.29, 1.82) is 0 Å². The van der Waals surface area contributed by atoms with Crippen molar-refractivity contribution in [3.8, 4) is 51.0 Å². The minimum absolute atomic E-state index is 0.585. The predicted octanol–water partition coefficient (Wildman–Crippen LogP) is 13.8. The molecule has 0 amide bonds. The fourth-order valence-corrected chi connectivity index (χ4v) is 8.61. The number of benzene rings is 9. The van der Waals surface area contributed by atoms with Crippen LogP contribution in [0.15, 0.2) is 199 Å². The summed E-state index contributed by atoms with van der Waals surface area (Å²) in [4.78, 5) is 15.1. The topological polar surface area (TPSA) is 56.7 Å². The van der Waals surface area contributed by atoms with Gasteiger partial charge in [-0.05, 0) is 58.3 Å². The number of rotatable bonds is 5. The number of aromatic nitrogens is 4. The van der Waals surface area contributed by atoms with Gasteiger partial charge in [0.2, 0.25) is 0 Å². The number of para-hydroxylation sites is 1. The molecule has 5 nitrogen and oxygen atoms in total. The van der Waals surface area contributed by atoms with Crippen LogP contribution in [-0.4, -0.2) is 19.5 Å². The van der Waals surface area contributed by atoms with Crippen LogP contribution in [-0.2, 0) is 0 Å². The third-order valence-corrected chi connectivity index (χ3v) is 11.4. The van der Waals surface area contributed by atoms with Crippen molar-refractivity contribution in [3.05, 3.63) is 194 Å². The monoisotopic (exact) mass is 740 g/mol. The smallest absolute Gasteiger partial charge is 0.164 e. The van der Waals surface area contributed by atoms with Gasteiger partial charge in [0.05, 0.1) is 16.7 Å². The second-order valence-corrected chi connectivity index (χ2v) is 14.8. The number of furan rings is 1. The second-order valence-electron chi connectivity index (χ2n) is 14.8. The summed E-state index contributed by atoms with van der Waals surface area (Å²) < 4.78 is 9.26. The van der Waals surface area contributed by atoms with E-state index in [0.29, 0.717) is 17.5 Å². The summed E-state index contributed by atoms with van der Waals surface area (Å²) in [6.45, 7) is 0. The Balaban J connectivity index is 1.04. The summed E-state index contributed by atoms with van der Waals surface area (Å²) in [5.74, 6) is 1.82. The first kappa shape index (κ1) is 32.4. The highest BCUT2D eigenvalue weighted by Gasteiger charge is 2.20. The molecule has 0 bridgehead atoms. The van der Waals surface area contributed by atoms with E-state index in [1.807, 2.05) is 36.4 Å². The van der Waals surface area contributed by atoms with Gasteiger partial charge in [0.15, 0.2) is 17.5 Å². The molecule has 0 saturated carbocycles. The first-order valence-corrected chi connectivity index (χ1v) is 19.5. The Morgan fingerprint density at radius 1 is 0.328 bits per heavy atom. The lowest BCUT2D eigenvalue weighted by Gasteiger charge is -2.13. The van der Waals surface area contributed by atoms with Gasteiger partial charge in [-0.25, -0.2) is 15.0 Å². The molecule has 0 aliphatic heterocycles. The van der Waals surface area contributed by atoms with E-state index in [-0.39, 0.29) is 0 Å². The maximum Gasteiger partial charge on any atom is 0.164 e. The van der Waals surface area contributed by atoms with Crippen LogP contribution in [0.4, 0.5) is 0 Å². The van der Waals surface area contributed by atoms with Crippen molar-refractivity contribution in [1.82, 2.24) is 19.5 Å². The number of hydrogen-bond acceptors (Lipinski definition) is 4. The van der Waals surface area contributed by atoms with E-state index >= 15 is 0 Å². The largest absolute Gasteiger partial charge is 0.455 e. The molecule has 0 unspecified atom stereocenters. The van der Waals surface area contributed by atoms with Crippen molar-refractivity contribution in [2.75, 3.05) is 0 Å². The molecule has 0 aliphatic carbocycles. The molecule has 0 saturated heterocycles. The van der Waals surface area contributed by atoms with E-state index in [1.165, 1.54) is 32.6 Å². The highest BCUT2D eigenvalue weighted by atomic mass is 16.3. The molecule has 0 spiro atoms. The normalized spacial score (nSPS) is 11.8. The van der Waals surface area contributed by atoms with Crippen LogP contribution in [0, 0.1) is 0 Å². The highest BCUT2D eigenvalue weighted by molar-refractivity contribution is 6.20. The molecule has 12 aromatic rings. The SMILES string of the molecule is c1ccc(-c2ccc(-c3nc(-c4ccccc4)nc(-c4ccc5c(c4)oc4c6ccccc6c(-n6c7ccccc7c7cc8ccccc8cc76)cc54)n3)cc2)cc1. The maximum absolute atomic E-state index is 6.84. The summed E-state index contributed by atoms with van der Waals surface area (Å²) in [7, 11) is 0. The standard InChI is InChI=1S/C53H32N4O/c1-3-13-33(14-4-1)34-23-25-36(26-24-34)52-54-51(35-15-5-2-6-16-35)55-53(56-52)39-27-28-42-45-32-48(40-19-9-10-21-43(40)50(45)58-49(42)31-39)57-46-22-12-11-20-41(46)44-29-37-17-7-8-18-38(37)30-47(44)57/h1-32H. The van der Waals surface area contributed by atoms with Gasteiger partial charge in [0.25, 0.3) is 0 Å². The van der Waals surface area contributed by atoms with Crippen LogP contribution < -0.4 is 0 Å². The first-order chi connectivity index (χ1) is 28.7. The highest BCUT2D eigenvalue weighted by Crippen LogP contribution is 2.42. The summed E-state index contributed by atoms with van der Waals surface area (Å²) in [6, 6.07) is 68.0. The summed E-state index contributed by atoms with van der Waals surface area (Å²) in [5, 5.41) is 9.19. The molecular weight excluding hydrogens is 709 g/mol. The molecule has 5 heteroatoms. The zero-order chi connectivity index (χ0) is 38.2. The average molecular weight is 741 g/mol. The molecule has 0 fully saturated rings. The summed E-state index contributed by atoms with van der Waals surface area (Å²) in [6.07, 6.45) is 0. The molecule has 0 aliphatic rings. The Morgan fingerprint density at radius 3 is 1.60 bits per heavy atom. The van der Waals surface area contributed by atoms with Gasteiger partial charge < -0.3 is 8.98 Å². The van der Waals surface area contributed by atoms with Crippen LogP contribution in [0.2, 0.25) is 0 Å². The molecule has 58 heavy (non-hydrogen) atoms. The third kappa shape index (κ3) is 5.14. The second kappa shape index (κ2) is 12.8.